The fraction of sp³-hybridized carbons (Fsp3) is 0.318. The molecule has 0 spiro atoms. The number of carbonyl (C=O) groups excluding carboxylic acids is 2. The number of halogens is 1. The normalized spacial score (nSPS) is 18.6. The molecule has 2 aromatic rings. The number of benzene rings is 1. The predicted octanol–water partition coefficient (Wildman–Crippen LogP) is 3.61. The summed E-state index contributed by atoms with van der Waals surface area (Å²) in [6.45, 7) is 6.90. The van der Waals surface area contributed by atoms with Crippen molar-refractivity contribution >= 4 is 33.4 Å². The SMILES string of the molecule is CCN(CC)CCN1C(=O)C(=O)/C(=C(\O)c2ccncc2)C1c1cccc(Br)c1. The number of rotatable bonds is 7. The minimum atomic E-state index is -0.663. The maximum Gasteiger partial charge on any atom is 0.295 e. The van der Waals surface area contributed by atoms with E-state index in [1.54, 1.807) is 29.4 Å². The van der Waals surface area contributed by atoms with Crippen LogP contribution in [0.5, 0.6) is 0 Å². The van der Waals surface area contributed by atoms with Crippen LogP contribution in [0.2, 0.25) is 0 Å². The van der Waals surface area contributed by atoms with Crippen LogP contribution in [-0.2, 0) is 9.59 Å². The third-order valence-corrected chi connectivity index (χ3v) is 5.70. The van der Waals surface area contributed by atoms with E-state index in [1.807, 2.05) is 24.3 Å². The first kappa shape index (κ1) is 21.2. The van der Waals surface area contributed by atoms with Gasteiger partial charge in [0.1, 0.15) is 5.76 Å². The van der Waals surface area contributed by atoms with Crippen molar-refractivity contribution in [2.24, 2.45) is 0 Å². The number of nitrogens with zero attached hydrogens (tertiary/aromatic N) is 3. The second-order valence-corrected chi connectivity index (χ2v) is 7.73. The Hall–Kier alpha value is -2.51. The van der Waals surface area contributed by atoms with Crippen molar-refractivity contribution in [1.82, 2.24) is 14.8 Å². The highest BCUT2D eigenvalue weighted by molar-refractivity contribution is 9.10. The molecule has 0 bridgehead atoms. The van der Waals surface area contributed by atoms with Gasteiger partial charge in [-0.05, 0) is 42.9 Å². The molecule has 7 heteroatoms. The van der Waals surface area contributed by atoms with E-state index in [2.05, 4.69) is 39.7 Å². The third kappa shape index (κ3) is 4.41. The van der Waals surface area contributed by atoms with Crippen LogP contribution in [0, 0.1) is 0 Å². The van der Waals surface area contributed by atoms with E-state index in [0.717, 1.165) is 23.1 Å². The summed E-state index contributed by atoms with van der Waals surface area (Å²) in [5, 5.41) is 10.9. The molecule has 1 aliphatic rings. The second-order valence-electron chi connectivity index (χ2n) is 6.81. The molecule has 1 fully saturated rings. The molecule has 1 unspecified atom stereocenters. The summed E-state index contributed by atoms with van der Waals surface area (Å²) >= 11 is 3.46. The molecule has 1 aromatic heterocycles. The van der Waals surface area contributed by atoms with E-state index in [4.69, 9.17) is 0 Å². The average Bonchev–Trinajstić information content (AvgIpc) is 2.99. The number of carbonyl (C=O) groups is 2. The van der Waals surface area contributed by atoms with Gasteiger partial charge in [0, 0.05) is 35.5 Å². The summed E-state index contributed by atoms with van der Waals surface area (Å²) < 4.78 is 0.841. The zero-order valence-corrected chi connectivity index (χ0v) is 18.1. The van der Waals surface area contributed by atoms with E-state index < -0.39 is 17.7 Å². The maximum absolute atomic E-state index is 12.9. The molecule has 6 nitrogen and oxygen atoms in total. The number of hydrogen-bond acceptors (Lipinski definition) is 5. The number of likely N-dealkylation sites (N-methyl/N-ethyl adjacent to an activating group) is 1. The number of amides is 1. The summed E-state index contributed by atoms with van der Waals surface area (Å²) in [5.74, 6) is -1.43. The number of likely N-dealkylation sites (tertiary alicyclic amines) is 1. The molecular weight excluding hydrogens is 434 g/mol. The van der Waals surface area contributed by atoms with Gasteiger partial charge in [0.15, 0.2) is 0 Å². The predicted molar refractivity (Wildman–Crippen MR) is 115 cm³/mol. The van der Waals surface area contributed by atoms with E-state index in [-0.39, 0.29) is 11.3 Å². The van der Waals surface area contributed by atoms with Crippen LogP contribution < -0.4 is 0 Å². The van der Waals surface area contributed by atoms with Crippen LogP contribution in [0.15, 0.2) is 58.8 Å². The van der Waals surface area contributed by atoms with Crippen LogP contribution >= 0.6 is 15.9 Å². The standard InChI is InChI=1S/C22H24BrN3O3/c1-3-25(4-2)12-13-26-19(16-6-5-7-17(23)14-16)18(21(28)22(26)29)20(27)15-8-10-24-11-9-15/h5-11,14,19,27H,3-4,12-13H2,1-2H3/b20-18-. The molecule has 1 atom stereocenters. The molecule has 1 aliphatic heterocycles. The molecule has 2 heterocycles. The fourth-order valence-corrected chi connectivity index (χ4v) is 4.01. The van der Waals surface area contributed by atoms with Gasteiger partial charge in [-0.1, -0.05) is 41.9 Å². The Labute approximate surface area is 179 Å². The summed E-state index contributed by atoms with van der Waals surface area (Å²) in [6.07, 6.45) is 3.08. The number of hydrogen-bond donors (Lipinski definition) is 1. The van der Waals surface area contributed by atoms with Crippen LogP contribution in [0.25, 0.3) is 5.76 Å². The summed E-state index contributed by atoms with van der Waals surface area (Å²) in [5.41, 5.74) is 1.34. The Morgan fingerprint density at radius 2 is 1.86 bits per heavy atom. The van der Waals surface area contributed by atoms with Crippen molar-refractivity contribution in [3.63, 3.8) is 0 Å². The lowest BCUT2D eigenvalue weighted by atomic mass is 9.95. The molecule has 152 valence electrons. The van der Waals surface area contributed by atoms with Crippen LogP contribution in [0.3, 0.4) is 0 Å². The van der Waals surface area contributed by atoms with Gasteiger partial charge in [-0.15, -0.1) is 0 Å². The molecule has 1 saturated heterocycles. The quantitative estimate of drug-likeness (QED) is 0.390. The van der Waals surface area contributed by atoms with Crippen LogP contribution in [0.4, 0.5) is 0 Å². The van der Waals surface area contributed by atoms with Gasteiger partial charge in [0.05, 0.1) is 11.6 Å². The Balaban J connectivity index is 2.09. The smallest absolute Gasteiger partial charge is 0.295 e. The molecule has 3 rings (SSSR count). The average molecular weight is 458 g/mol. The Morgan fingerprint density at radius 3 is 2.48 bits per heavy atom. The summed E-state index contributed by atoms with van der Waals surface area (Å²) in [7, 11) is 0. The Kier molecular flexibility index (Phi) is 6.82. The van der Waals surface area contributed by atoms with Crippen molar-refractivity contribution in [1.29, 1.82) is 0 Å². The van der Waals surface area contributed by atoms with Gasteiger partial charge >= 0.3 is 0 Å². The number of Topliss-reactive ketones (excluding diaryl/α,β-unsaturated/α-hetero) is 1. The topological polar surface area (TPSA) is 73.7 Å². The van der Waals surface area contributed by atoms with Crippen molar-refractivity contribution < 1.29 is 14.7 Å². The molecule has 1 N–H and O–H groups in total. The third-order valence-electron chi connectivity index (χ3n) is 5.21. The number of aromatic nitrogens is 1. The number of pyridine rings is 1. The Bertz CT molecular complexity index is 926. The molecular formula is C22H24BrN3O3. The first-order chi connectivity index (χ1) is 14.0. The second kappa shape index (κ2) is 9.33. The van der Waals surface area contributed by atoms with E-state index in [9.17, 15) is 14.7 Å². The minimum absolute atomic E-state index is 0.110. The van der Waals surface area contributed by atoms with E-state index in [1.165, 1.54) is 0 Å². The van der Waals surface area contributed by atoms with Crippen LogP contribution in [0.1, 0.15) is 31.0 Å². The van der Waals surface area contributed by atoms with Gasteiger partial charge in [-0.3, -0.25) is 14.6 Å². The van der Waals surface area contributed by atoms with Gasteiger partial charge in [0.2, 0.25) is 0 Å². The zero-order valence-electron chi connectivity index (χ0n) is 16.5. The van der Waals surface area contributed by atoms with Gasteiger partial charge in [-0.2, -0.15) is 0 Å². The highest BCUT2D eigenvalue weighted by Crippen LogP contribution is 2.39. The van der Waals surface area contributed by atoms with Crippen molar-refractivity contribution in [2.75, 3.05) is 26.2 Å². The monoisotopic (exact) mass is 457 g/mol. The maximum atomic E-state index is 12.9. The highest BCUT2D eigenvalue weighted by atomic mass is 79.9. The Morgan fingerprint density at radius 1 is 1.17 bits per heavy atom. The molecule has 29 heavy (non-hydrogen) atoms. The largest absolute Gasteiger partial charge is 0.507 e. The van der Waals surface area contributed by atoms with E-state index >= 15 is 0 Å². The number of aliphatic hydroxyl groups excluding tert-OH is 1. The summed E-state index contributed by atoms with van der Waals surface area (Å²) in [4.78, 5) is 33.5. The highest BCUT2D eigenvalue weighted by Gasteiger charge is 2.45. The molecule has 0 radical (unpaired) electrons. The lowest BCUT2D eigenvalue weighted by Gasteiger charge is -2.28. The number of ketones is 1. The molecule has 1 amide bonds. The summed E-state index contributed by atoms with van der Waals surface area (Å²) in [6, 6.07) is 10.1. The fourth-order valence-electron chi connectivity index (χ4n) is 3.59. The zero-order chi connectivity index (χ0) is 21.0. The van der Waals surface area contributed by atoms with E-state index in [0.29, 0.717) is 18.7 Å². The number of aliphatic hydroxyl groups is 1. The minimum Gasteiger partial charge on any atom is -0.507 e. The molecule has 0 aliphatic carbocycles. The first-order valence-electron chi connectivity index (χ1n) is 9.64. The van der Waals surface area contributed by atoms with Crippen LogP contribution in [-0.4, -0.2) is 57.8 Å². The molecule has 1 aromatic carbocycles. The van der Waals surface area contributed by atoms with Gasteiger partial charge in [0.25, 0.3) is 11.7 Å². The first-order valence-corrected chi connectivity index (χ1v) is 10.4. The van der Waals surface area contributed by atoms with Gasteiger partial charge in [-0.25, -0.2) is 0 Å². The van der Waals surface area contributed by atoms with Crippen molar-refractivity contribution in [3.05, 3.63) is 70.0 Å². The van der Waals surface area contributed by atoms with Crippen molar-refractivity contribution in [2.45, 2.75) is 19.9 Å². The lowest BCUT2D eigenvalue weighted by molar-refractivity contribution is -0.140. The lowest BCUT2D eigenvalue weighted by Crippen LogP contribution is -2.38. The molecule has 0 saturated carbocycles. The van der Waals surface area contributed by atoms with Gasteiger partial charge < -0.3 is 14.9 Å². The van der Waals surface area contributed by atoms with Crippen molar-refractivity contribution in [3.8, 4) is 0 Å².